The number of fused-ring (bicyclic) bond motifs is 1. The summed E-state index contributed by atoms with van der Waals surface area (Å²) in [5.74, 6) is 0.0543. The van der Waals surface area contributed by atoms with E-state index in [0.29, 0.717) is 22.6 Å². The van der Waals surface area contributed by atoms with E-state index >= 15 is 0 Å². The number of para-hydroxylation sites is 1. The van der Waals surface area contributed by atoms with Crippen molar-refractivity contribution in [1.82, 2.24) is 9.97 Å². The molecular weight excluding hydrogens is 379 g/mol. The van der Waals surface area contributed by atoms with Gasteiger partial charge in [0.05, 0.1) is 17.0 Å². The second-order valence-corrected chi connectivity index (χ2v) is 6.49. The third-order valence-electron chi connectivity index (χ3n) is 4.52. The van der Waals surface area contributed by atoms with Crippen LogP contribution >= 0.6 is 0 Å². The molecule has 1 atom stereocenters. The molecule has 4 nitrogen and oxygen atoms in total. The van der Waals surface area contributed by atoms with Gasteiger partial charge in [-0.25, -0.2) is 4.98 Å². The molecule has 0 bridgehead atoms. The molecule has 4 rings (SSSR count). The molecule has 0 amide bonds. The summed E-state index contributed by atoms with van der Waals surface area (Å²) in [6, 6.07) is 18.4. The molecule has 2 aromatic heterocycles. The number of hydrogen-bond acceptors (Lipinski definition) is 4. The first-order valence-corrected chi connectivity index (χ1v) is 8.85. The van der Waals surface area contributed by atoms with Gasteiger partial charge in [0.15, 0.2) is 0 Å². The maximum atomic E-state index is 12.8. The van der Waals surface area contributed by atoms with Crippen molar-refractivity contribution in [3.05, 3.63) is 95.9 Å². The van der Waals surface area contributed by atoms with Crippen molar-refractivity contribution >= 4 is 16.6 Å². The van der Waals surface area contributed by atoms with Gasteiger partial charge in [0.1, 0.15) is 17.3 Å². The number of phenols is 1. The molecule has 29 heavy (non-hydrogen) atoms. The second-order valence-electron chi connectivity index (χ2n) is 6.49. The van der Waals surface area contributed by atoms with E-state index < -0.39 is 17.8 Å². The van der Waals surface area contributed by atoms with Gasteiger partial charge in [-0.1, -0.05) is 24.3 Å². The third-order valence-corrected chi connectivity index (χ3v) is 4.52. The number of pyridine rings is 2. The van der Waals surface area contributed by atoms with E-state index in [1.165, 1.54) is 12.1 Å². The van der Waals surface area contributed by atoms with Crippen LogP contribution in [0.3, 0.4) is 0 Å². The van der Waals surface area contributed by atoms with E-state index in [2.05, 4.69) is 15.3 Å². The lowest BCUT2D eigenvalue weighted by molar-refractivity contribution is -0.137. The summed E-state index contributed by atoms with van der Waals surface area (Å²) in [6.45, 7) is 0. The predicted octanol–water partition coefficient (Wildman–Crippen LogP) is 5.56. The summed E-state index contributed by atoms with van der Waals surface area (Å²) in [5, 5.41) is 14.1. The quantitative estimate of drug-likeness (QED) is 0.475. The Labute approximate surface area is 164 Å². The SMILES string of the molecule is Oc1cccc2ccc([C@@H](Nc3ccc(C(F)(F)F)cc3)c3ccccn3)nc12. The number of nitrogens with zero attached hydrogens (tertiary/aromatic N) is 2. The lowest BCUT2D eigenvalue weighted by Crippen LogP contribution is -2.15. The number of hydrogen-bond donors (Lipinski definition) is 2. The highest BCUT2D eigenvalue weighted by Gasteiger charge is 2.30. The Kier molecular flexibility index (Phi) is 4.80. The van der Waals surface area contributed by atoms with E-state index in [-0.39, 0.29) is 5.75 Å². The van der Waals surface area contributed by atoms with Crippen molar-refractivity contribution in [3.8, 4) is 5.75 Å². The normalized spacial score (nSPS) is 12.7. The monoisotopic (exact) mass is 395 g/mol. The van der Waals surface area contributed by atoms with Gasteiger partial charge in [-0.05, 0) is 48.5 Å². The van der Waals surface area contributed by atoms with Gasteiger partial charge in [0, 0.05) is 17.3 Å². The number of nitrogens with one attached hydrogen (secondary N) is 1. The molecule has 2 N–H and O–H groups in total. The minimum Gasteiger partial charge on any atom is -0.506 e. The molecule has 0 unspecified atom stereocenters. The van der Waals surface area contributed by atoms with Crippen LogP contribution in [-0.2, 0) is 6.18 Å². The van der Waals surface area contributed by atoms with Crippen molar-refractivity contribution < 1.29 is 18.3 Å². The van der Waals surface area contributed by atoms with Crippen LogP contribution < -0.4 is 5.32 Å². The first kappa shape index (κ1) is 18.7. The Balaban J connectivity index is 1.74. The van der Waals surface area contributed by atoms with Crippen molar-refractivity contribution in [3.63, 3.8) is 0 Å². The number of halogens is 3. The van der Waals surface area contributed by atoms with Gasteiger partial charge >= 0.3 is 6.18 Å². The zero-order valence-corrected chi connectivity index (χ0v) is 15.1. The van der Waals surface area contributed by atoms with Crippen LogP contribution in [0.25, 0.3) is 10.9 Å². The smallest absolute Gasteiger partial charge is 0.416 e. The Morgan fingerprint density at radius 1 is 0.828 bits per heavy atom. The topological polar surface area (TPSA) is 58.0 Å². The van der Waals surface area contributed by atoms with Crippen LogP contribution in [-0.4, -0.2) is 15.1 Å². The standard InChI is InChI=1S/C22H16F3N3O/c23-22(24,25)15-8-10-16(11-9-15)27-21(17-5-1-2-13-26-17)18-12-7-14-4-3-6-19(29)20(14)28-18/h1-13,21,27,29H/t21-/m0/s1. The Bertz CT molecular complexity index is 1130. The minimum absolute atomic E-state index is 0.0543. The number of anilines is 1. The summed E-state index contributed by atoms with van der Waals surface area (Å²) < 4.78 is 38.5. The van der Waals surface area contributed by atoms with Crippen molar-refractivity contribution in [2.45, 2.75) is 12.2 Å². The van der Waals surface area contributed by atoms with Crippen LogP contribution in [0.2, 0.25) is 0 Å². The van der Waals surface area contributed by atoms with Gasteiger partial charge in [-0.2, -0.15) is 13.2 Å². The molecule has 0 saturated carbocycles. The van der Waals surface area contributed by atoms with Crippen LogP contribution in [0.1, 0.15) is 23.0 Å². The van der Waals surface area contributed by atoms with Gasteiger partial charge in [0.25, 0.3) is 0 Å². The van der Waals surface area contributed by atoms with Crippen LogP contribution in [0.4, 0.5) is 18.9 Å². The highest BCUT2D eigenvalue weighted by atomic mass is 19.4. The highest BCUT2D eigenvalue weighted by Crippen LogP contribution is 2.32. The molecule has 146 valence electrons. The fourth-order valence-electron chi connectivity index (χ4n) is 3.08. The number of aromatic nitrogens is 2. The molecule has 0 saturated heterocycles. The molecule has 0 aliphatic heterocycles. The van der Waals surface area contributed by atoms with Crippen LogP contribution in [0.15, 0.2) is 79.0 Å². The highest BCUT2D eigenvalue weighted by molar-refractivity contribution is 5.84. The molecule has 2 heterocycles. The van der Waals surface area contributed by atoms with Crippen molar-refractivity contribution in [2.24, 2.45) is 0 Å². The average Bonchev–Trinajstić information content (AvgIpc) is 2.72. The number of phenolic OH excluding ortho intramolecular Hbond substituents is 1. The molecule has 2 aromatic carbocycles. The Hall–Kier alpha value is -3.61. The fraction of sp³-hybridized carbons (Fsp3) is 0.0909. The van der Waals surface area contributed by atoms with Crippen molar-refractivity contribution in [2.75, 3.05) is 5.32 Å². The Morgan fingerprint density at radius 2 is 1.62 bits per heavy atom. The number of aromatic hydroxyl groups is 1. The van der Waals surface area contributed by atoms with Crippen LogP contribution in [0, 0.1) is 0 Å². The molecule has 0 fully saturated rings. The minimum atomic E-state index is -4.39. The molecule has 7 heteroatoms. The average molecular weight is 395 g/mol. The lowest BCUT2D eigenvalue weighted by Gasteiger charge is -2.20. The Morgan fingerprint density at radius 3 is 2.31 bits per heavy atom. The summed E-state index contributed by atoms with van der Waals surface area (Å²) >= 11 is 0. The molecular formula is C22H16F3N3O. The maximum absolute atomic E-state index is 12.8. The number of benzene rings is 2. The van der Waals surface area contributed by atoms with Gasteiger partial charge in [0.2, 0.25) is 0 Å². The summed E-state index contributed by atoms with van der Waals surface area (Å²) in [4.78, 5) is 8.94. The van der Waals surface area contributed by atoms with Crippen molar-refractivity contribution in [1.29, 1.82) is 0 Å². The zero-order valence-electron chi connectivity index (χ0n) is 15.1. The van der Waals surface area contributed by atoms with E-state index in [0.717, 1.165) is 17.5 Å². The molecule has 0 spiro atoms. The lowest BCUT2D eigenvalue weighted by atomic mass is 10.1. The fourth-order valence-corrected chi connectivity index (χ4v) is 3.08. The molecule has 0 aliphatic carbocycles. The largest absolute Gasteiger partial charge is 0.506 e. The molecule has 0 aliphatic rings. The van der Waals surface area contributed by atoms with E-state index in [9.17, 15) is 18.3 Å². The van der Waals surface area contributed by atoms with E-state index in [1.54, 1.807) is 36.5 Å². The predicted molar refractivity (Wildman–Crippen MR) is 105 cm³/mol. The maximum Gasteiger partial charge on any atom is 0.416 e. The summed E-state index contributed by atoms with van der Waals surface area (Å²) in [7, 11) is 0. The molecule has 4 aromatic rings. The number of alkyl halides is 3. The van der Waals surface area contributed by atoms with Crippen LogP contribution in [0.5, 0.6) is 5.75 Å². The third kappa shape index (κ3) is 3.99. The second kappa shape index (κ2) is 7.43. The first-order chi connectivity index (χ1) is 13.9. The van der Waals surface area contributed by atoms with Gasteiger partial charge in [-0.3, -0.25) is 4.98 Å². The summed E-state index contributed by atoms with van der Waals surface area (Å²) in [6.07, 6.45) is -2.76. The first-order valence-electron chi connectivity index (χ1n) is 8.85. The van der Waals surface area contributed by atoms with E-state index in [4.69, 9.17) is 0 Å². The number of rotatable bonds is 4. The summed E-state index contributed by atoms with van der Waals surface area (Å²) in [5.41, 5.74) is 1.45. The zero-order chi connectivity index (χ0) is 20.4. The van der Waals surface area contributed by atoms with E-state index in [1.807, 2.05) is 18.2 Å². The molecule has 0 radical (unpaired) electrons. The van der Waals surface area contributed by atoms with Gasteiger partial charge < -0.3 is 10.4 Å². The van der Waals surface area contributed by atoms with Gasteiger partial charge in [-0.15, -0.1) is 0 Å².